The van der Waals surface area contributed by atoms with Gasteiger partial charge in [0, 0.05) is 44.5 Å². The van der Waals surface area contributed by atoms with Gasteiger partial charge in [-0.2, -0.15) is 5.26 Å². The lowest BCUT2D eigenvalue weighted by molar-refractivity contribution is 0.188. The number of nitrogens with one attached hydrogen (secondary N) is 1. The van der Waals surface area contributed by atoms with Crippen LogP contribution in [0, 0.1) is 25.2 Å². The lowest BCUT2D eigenvalue weighted by Gasteiger charge is -2.27. The van der Waals surface area contributed by atoms with Crippen LogP contribution in [0.4, 0.5) is 0 Å². The van der Waals surface area contributed by atoms with Crippen LogP contribution < -0.4 is 10.1 Å². The molecule has 4 rings (SSSR count). The molecule has 6 heteroatoms. The molecule has 31 heavy (non-hydrogen) atoms. The molecule has 0 aliphatic carbocycles. The topological polar surface area (TPSA) is 74.1 Å². The van der Waals surface area contributed by atoms with Crippen molar-refractivity contribution in [2.45, 2.75) is 13.8 Å². The number of aryl methyl sites for hydroxylation is 2. The summed E-state index contributed by atoms with van der Waals surface area (Å²) in [7, 11) is 0. The highest BCUT2D eigenvalue weighted by atomic mass is 16.5. The third-order valence-corrected chi connectivity index (χ3v) is 5.57. The van der Waals surface area contributed by atoms with Gasteiger partial charge < -0.3 is 10.1 Å². The number of ether oxygens (including phenoxy) is 1. The lowest BCUT2D eigenvalue weighted by atomic mass is 9.98. The van der Waals surface area contributed by atoms with Crippen molar-refractivity contribution in [1.29, 1.82) is 5.26 Å². The Bertz CT molecular complexity index is 1080. The Morgan fingerprint density at radius 3 is 2.61 bits per heavy atom. The van der Waals surface area contributed by atoms with E-state index in [2.05, 4.69) is 28.2 Å². The maximum atomic E-state index is 9.97. The van der Waals surface area contributed by atoms with Gasteiger partial charge in [-0.25, -0.2) is 4.98 Å². The third kappa shape index (κ3) is 4.91. The van der Waals surface area contributed by atoms with Gasteiger partial charge in [0.15, 0.2) is 0 Å². The smallest absolute Gasteiger partial charge is 0.232 e. The number of pyridine rings is 2. The number of benzene rings is 1. The van der Waals surface area contributed by atoms with Crippen molar-refractivity contribution >= 4 is 0 Å². The van der Waals surface area contributed by atoms with Crippen molar-refractivity contribution in [3.05, 3.63) is 65.4 Å². The van der Waals surface area contributed by atoms with Crippen LogP contribution in [-0.2, 0) is 0 Å². The summed E-state index contributed by atoms with van der Waals surface area (Å²) < 4.78 is 6.10. The SMILES string of the molecule is Cc1ccc(-c2cc(-c3ncccc3C)nc(OCCN3CCNCC3)c2C#N)cc1. The molecule has 1 fully saturated rings. The van der Waals surface area contributed by atoms with Crippen LogP contribution in [0.15, 0.2) is 48.7 Å². The Balaban J connectivity index is 1.72. The Labute approximate surface area is 183 Å². The molecule has 1 aliphatic heterocycles. The second kappa shape index (κ2) is 9.69. The summed E-state index contributed by atoms with van der Waals surface area (Å²) in [4.78, 5) is 11.6. The van der Waals surface area contributed by atoms with Gasteiger partial charge in [0.1, 0.15) is 18.2 Å². The number of rotatable bonds is 6. The average Bonchev–Trinajstić information content (AvgIpc) is 2.80. The molecule has 3 heterocycles. The van der Waals surface area contributed by atoms with Gasteiger partial charge in [-0.1, -0.05) is 35.9 Å². The van der Waals surface area contributed by atoms with Crippen molar-refractivity contribution < 1.29 is 4.74 Å². The van der Waals surface area contributed by atoms with Crippen molar-refractivity contribution in [2.75, 3.05) is 39.3 Å². The van der Waals surface area contributed by atoms with Crippen LogP contribution in [0.5, 0.6) is 5.88 Å². The molecule has 0 spiro atoms. The molecular formula is C25H27N5O. The predicted molar refractivity (Wildman–Crippen MR) is 122 cm³/mol. The fourth-order valence-corrected chi connectivity index (χ4v) is 3.78. The van der Waals surface area contributed by atoms with Crippen molar-refractivity contribution in [1.82, 2.24) is 20.2 Å². The molecule has 6 nitrogen and oxygen atoms in total. The Kier molecular flexibility index (Phi) is 6.56. The number of nitriles is 1. The predicted octanol–water partition coefficient (Wildman–Crippen LogP) is 3.58. The van der Waals surface area contributed by atoms with Gasteiger partial charge in [-0.3, -0.25) is 9.88 Å². The summed E-state index contributed by atoms with van der Waals surface area (Å²) in [5.74, 6) is 0.371. The van der Waals surface area contributed by atoms with Crippen LogP contribution in [0.3, 0.4) is 0 Å². The quantitative estimate of drug-likeness (QED) is 0.666. The molecule has 0 bridgehead atoms. The van der Waals surface area contributed by atoms with E-state index in [9.17, 15) is 5.26 Å². The fourth-order valence-electron chi connectivity index (χ4n) is 3.78. The average molecular weight is 414 g/mol. The zero-order valence-corrected chi connectivity index (χ0v) is 18.1. The Morgan fingerprint density at radius 1 is 1.13 bits per heavy atom. The van der Waals surface area contributed by atoms with Crippen molar-refractivity contribution in [2.24, 2.45) is 0 Å². The number of piperazine rings is 1. The first-order chi connectivity index (χ1) is 15.2. The molecule has 3 aromatic rings. The van der Waals surface area contributed by atoms with Crippen molar-refractivity contribution in [3.8, 4) is 34.5 Å². The van der Waals surface area contributed by atoms with Crippen LogP contribution in [0.25, 0.3) is 22.5 Å². The van der Waals surface area contributed by atoms with Gasteiger partial charge in [0.05, 0.1) is 11.4 Å². The monoisotopic (exact) mass is 413 g/mol. The van der Waals surface area contributed by atoms with E-state index in [1.54, 1.807) is 6.20 Å². The summed E-state index contributed by atoms with van der Waals surface area (Å²) in [6, 6.07) is 16.4. The fraction of sp³-hybridized carbons (Fsp3) is 0.320. The molecule has 0 unspecified atom stereocenters. The standard InChI is InChI=1S/C25H27N5O/c1-18-5-7-20(8-6-18)21-16-23(24-19(2)4-3-9-28-24)29-25(22(21)17-26)31-15-14-30-12-10-27-11-13-30/h3-9,16,27H,10-15H2,1-2H3. The van der Waals surface area contributed by atoms with Gasteiger partial charge in [-0.05, 0) is 37.1 Å². The van der Waals surface area contributed by atoms with E-state index in [0.717, 1.165) is 55.1 Å². The van der Waals surface area contributed by atoms with E-state index >= 15 is 0 Å². The maximum Gasteiger partial charge on any atom is 0.232 e. The van der Waals surface area contributed by atoms with Gasteiger partial charge >= 0.3 is 0 Å². The summed E-state index contributed by atoms with van der Waals surface area (Å²) in [5.41, 5.74) is 5.95. The highest BCUT2D eigenvalue weighted by molar-refractivity contribution is 5.77. The second-order valence-electron chi connectivity index (χ2n) is 7.82. The van der Waals surface area contributed by atoms with Gasteiger partial charge in [-0.15, -0.1) is 0 Å². The molecule has 0 amide bonds. The molecule has 0 saturated carbocycles. The normalized spacial score (nSPS) is 14.2. The van der Waals surface area contributed by atoms with E-state index in [-0.39, 0.29) is 0 Å². The highest BCUT2D eigenvalue weighted by Gasteiger charge is 2.18. The number of nitrogens with zero attached hydrogens (tertiary/aromatic N) is 4. The van der Waals surface area contributed by atoms with Crippen LogP contribution in [-0.4, -0.2) is 54.2 Å². The third-order valence-electron chi connectivity index (χ3n) is 5.57. The zero-order chi connectivity index (χ0) is 21.6. The first kappa shape index (κ1) is 21.0. The van der Waals surface area contributed by atoms with E-state index in [0.29, 0.717) is 23.7 Å². The minimum absolute atomic E-state index is 0.371. The minimum atomic E-state index is 0.371. The molecular weight excluding hydrogens is 386 g/mol. The first-order valence-corrected chi connectivity index (χ1v) is 10.7. The molecule has 2 aromatic heterocycles. The number of hydrogen-bond acceptors (Lipinski definition) is 6. The van der Waals surface area contributed by atoms with Crippen LogP contribution >= 0.6 is 0 Å². The van der Waals surface area contributed by atoms with E-state index < -0.39 is 0 Å². The molecule has 1 aromatic carbocycles. The van der Waals surface area contributed by atoms with E-state index in [4.69, 9.17) is 9.72 Å². The summed E-state index contributed by atoms with van der Waals surface area (Å²) >= 11 is 0. The lowest BCUT2D eigenvalue weighted by Crippen LogP contribution is -2.44. The molecule has 1 saturated heterocycles. The minimum Gasteiger partial charge on any atom is -0.475 e. The first-order valence-electron chi connectivity index (χ1n) is 10.7. The Morgan fingerprint density at radius 2 is 1.90 bits per heavy atom. The van der Waals surface area contributed by atoms with Crippen LogP contribution in [0.2, 0.25) is 0 Å². The van der Waals surface area contributed by atoms with Gasteiger partial charge in [0.2, 0.25) is 5.88 Å². The van der Waals surface area contributed by atoms with Crippen LogP contribution in [0.1, 0.15) is 16.7 Å². The molecule has 0 radical (unpaired) electrons. The second-order valence-corrected chi connectivity index (χ2v) is 7.82. The van der Waals surface area contributed by atoms with E-state index in [1.807, 2.05) is 49.4 Å². The highest BCUT2D eigenvalue weighted by Crippen LogP contribution is 2.33. The summed E-state index contributed by atoms with van der Waals surface area (Å²) in [5, 5.41) is 13.3. The maximum absolute atomic E-state index is 9.97. The largest absolute Gasteiger partial charge is 0.475 e. The molecule has 1 aliphatic rings. The molecule has 0 atom stereocenters. The van der Waals surface area contributed by atoms with E-state index in [1.165, 1.54) is 5.56 Å². The molecule has 1 N–H and O–H groups in total. The zero-order valence-electron chi connectivity index (χ0n) is 18.1. The van der Waals surface area contributed by atoms with Gasteiger partial charge in [0.25, 0.3) is 0 Å². The summed E-state index contributed by atoms with van der Waals surface area (Å²) in [6.45, 7) is 9.35. The number of aromatic nitrogens is 2. The number of hydrogen-bond donors (Lipinski definition) is 1. The Hall–Kier alpha value is -3.27. The molecule has 158 valence electrons. The van der Waals surface area contributed by atoms with Crippen molar-refractivity contribution in [3.63, 3.8) is 0 Å². The summed E-state index contributed by atoms with van der Waals surface area (Å²) in [6.07, 6.45) is 1.76.